The topological polar surface area (TPSA) is 63.4 Å². The molecule has 0 aliphatic rings. The Balaban J connectivity index is 3.52. The van der Waals surface area contributed by atoms with Crippen molar-refractivity contribution in [1.82, 2.24) is 4.31 Å². The number of halogens is 2. The molecule has 0 saturated carbocycles. The first-order valence-corrected chi connectivity index (χ1v) is 5.38. The first kappa shape index (κ1) is 11.9. The lowest BCUT2D eigenvalue weighted by Crippen LogP contribution is -2.23. The van der Waals surface area contributed by atoms with Crippen LogP contribution < -0.4 is 5.73 Å². The van der Waals surface area contributed by atoms with Gasteiger partial charge >= 0.3 is 0 Å². The third-order valence-electron chi connectivity index (χ3n) is 1.78. The molecule has 0 aliphatic carbocycles. The zero-order valence-corrected chi connectivity index (χ0v) is 8.98. The lowest BCUT2D eigenvalue weighted by Gasteiger charge is -2.12. The Hall–Kier alpha value is -1.21. The Labute approximate surface area is 86.4 Å². The molecule has 84 valence electrons. The number of nitrogens with two attached hydrogens (primary N) is 1. The van der Waals surface area contributed by atoms with Gasteiger partial charge in [0.1, 0.15) is 4.90 Å². The first-order chi connectivity index (χ1) is 6.76. The van der Waals surface area contributed by atoms with E-state index in [2.05, 4.69) is 0 Å². The summed E-state index contributed by atoms with van der Waals surface area (Å²) < 4.78 is 49.9. The molecule has 0 amide bonds. The maximum Gasteiger partial charge on any atom is 0.245 e. The molecule has 0 aromatic heterocycles. The standard InChI is InChI=1S/C8H10F2N2O2S/c1-12(2)15(13,14)7-4-5(11)3-6(9)8(7)10/h3-4H,11H2,1-2H3. The Morgan fingerprint density at radius 3 is 2.27 bits per heavy atom. The van der Waals surface area contributed by atoms with Gasteiger partial charge in [0.25, 0.3) is 0 Å². The normalized spacial score (nSPS) is 12.1. The third-order valence-corrected chi connectivity index (χ3v) is 3.59. The molecule has 0 fully saturated rings. The molecule has 0 spiro atoms. The molecule has 7 heteroatoms. The van der Waals surface area contributed by atoms with E-state index in [0.717, 1.165) is 16.4 Å². The molecule has 4 nitrogen and oxygen atoms in total. The number of nitrogens with zero attached hydrogens (tertiary/aromatic N) is 1. The van der Waals surface area contributed by atoms with E-state index in [0.29, 0.717) is 0 Å². The summed E-state index contributed by atoms with van der Waals surface area (Å²) in [7, 11) is -1.58. The Bertz CT molecular complexity index is 486. The Kier molecular flexibility index (Phi) is 2.96. The van der Waals surface area contributed by atoms with Gasteiger partial charge < -0.3 is 5.73 Å². The second-order valence-corrected chi connectivity index (χ2v) is 5.22. The molecule has 0 heterocycles. The molecule has 0 radical (unpaired) electrons. The summed E-state index contributed by atoms with van der Waals surface area (Å²) >= 11 is 0. The van der Waals surface area contributed by atoms with E-state index < -0.39 is 26.6 Å². The minimum Gasteiger partial charge on any atom is -0.399 e. The summed E-state index contributed by atoms with van der Waals surface area (Å²) in [6.45, 7) is 0. The van der Waals surface area contributed by atoms with Gasteiger partial charge in [-0.15, -0.1) is 0 Å². The summed E-state index contributed by atoms with van der Waals surface area (Å²) in [4.78, 5) is -0.759. The highest BCUT2D eigenvalue weighted by molar-refractivity contribution is 7.89. The highest BCUT2D eigenvalue weighted by Crippen LogP contribution is 2.22. The summed E-state index contributed by atoms with van der Waals surface area (Å²) in [5.41, 5.74) is 5.09. The highest BCUT2D eigenvalue weighted by Gasteiger charge is 2.24. The Morgan fingerprint density at radius 2 is 1.80 bits per heavy atom. The van der Waals surface area contributed by atoms with Crippen LogP contribution in [0.2, 0.25) is 0 Å². The maximum absolute atomic E-state index is 13.2. The quantitative estimate of drug-likeness (QED) is 0.772. The van der Waals surface area contributed by atoms with Crippen LogP contribution in [-0.2, 0) is 10.0 Å². The summed E-state index contributed by atoms with van der Waals surface area (Å²) in [6.07, 6.45) is 0. The molecule has 15 heavy (non-hydrogen) atoms. The van der Waals surface area contributed by atoms with Crippen molar-refractivity contribution in [1.29, 1.82) is 0 Å². The molecule has 2 N–H and O–H groups in total. The van der Waals surface area contributed by atoms with Crippen LogP contribution in [0.25, 0.3) is 0 Å². The Morgan fingerprint density at radius 1 is 1.27 bits per heavy atom. The van der Waals surface area contributed by atoms with Crippen LogP contribution >= 0.6 is 0 Å². The number of hydrogen-bond donors (Lipinski definition) is 1. The number of anilines is 1. The van der Waals surface area contributed by atoms with E-state index >= 15 is 0 Å². The second kappa shape index (κ2) is 3.74. The van der Waals surface area contributed by atoms with E-state index in [9.17, 15) is 17.2 Å². The molecule has 1 aromatic rings. The van der Waals surface area contributed by atoms with Crippen molar-refractivity contribution < 1.29 is 17.2 Å². The molecule has 0 bridgehead atoms. The molecular formula is C8H10F2N2O2S. The van der Waals surface area contributed by atoms with Gasteiger partial charge in [-0.1, -0.05) is 0 Å². The van der Waals surface area contributed by atoms with Crippen molar-refractivity contribution >= 4 is 15.7 Å². The number of hydrogen-bond acceptors (Lipinski definition) is 3. The van der Waals surface area contributed by atoms with Gasteiger partial charge in [0.2, 0.25) is 10.0 Å². The fourth-order valence-corrected chi connectivity index (χ4v) is 1.97. The molecule has 0 atom stereocenters. The zero-order chi connectivity index (χ0) is 11.8. The van der Waals surface area contributed by atoms with E-state index in [-0.39, 0.29) is 5.69 Å². The van der Waals surface area contributed by atoms with Crippen LogP contribution in [0.1, 0.15) is 0 Å². The molecule has 0 unspecified atom stereocenters. The van der Waals surface area contributed by atoms with Crippen molar-refractivity contribution in [2.24, 2.45) is 0 Å². The summed E-state index contributed by atoms with van der Waals surface area (Å²) in [5, 5.41) is 0. The monoisotopic (exact) mass is 236 g/mol. The van der Waals surface area contributed by atoms with Crippen LogP contribution in [0.3, 0.4) is 0 Å². The van der Waals surface area contributed by atoms with Gasteiger partial charge in [0.05, 0.1) is 0 Å². The van der Waals surface area contributed by atoms with Crippen LogP contribution in [0, 0.1) is 11.6 Å². The fourth-order valence-electron chi connectivity index (χ4n) is 0.968. The number of benzene rings is 1. The van der Waals surface area contributed by atoms with Crippen LogP contribution in [-0.4, -0.2) is 26.8 Å². The van der Waals surface area contributed by atoms with Crippen molar-refractivity contribution in [3.63, 3.8) is 0 Å². The van der Waals surface area contributed by atoms with Gasteiger partial charge in [-0.2, -0.15) is 0 Å². The smallest absolute Gasteiger partial charge is 0.245 e. The average molecular weight is 236 g/mol. The summed E-state index contributed by atoms with van der Waals surface area (Å²) in [5.74, 6) is -2.70. The number of nitrogen functional groups attached to an aromatic ring is 1. The van der Waals surface area contributed by atoms with Crippen molar-refractivity contribution in [2.75, 3.05) is 19.8 Å². The average Bonchev–Trinajstić information content (AvgIpc) is 2.10. The predicted octanol–water partition coefficient (Wildman–Crippen LogP) is 0.797. The molecular weight excluding hydrogens is 226 g/mol. The number of rotatable bonds is 2. The van der Waals surface area contributed by atoms with E-state index in [1.54, 1.807) is 0 Å². The van der Waals surface area contributed by atoms with Crippen molar-refractivity contribution in [3.8, 4) is 0 Å². The maximum atomic E-state index is 13.2. The molecule has 1 aromatic carbocycles. The fraction of sp³-hybridized carbons (Fsp3) is 0.250. The highest BCUT2D eigenvalue weighted by atomic mass is 32.2. The van der Waals surface area contributed by atoms with Gasteiger partial charge in [-0.25, -0.2) is 21.5 Å². The minimum absolute atomic E-state index is 0.144. The SMILES string of the molecule is CN(C)S(=O)(=O)c1cc(N)cc(F)c1F. The molecule has 0 aliphatic heterocycles. The van der Waals surface area contributed by atoms with E-state index in [1.165, 1.54) is 14.1 Å². The number of sulfonamides is 1. The lowest BCUT2D eigenvalue weighted by atomic mass is 10.3. The van der Waals surface area contributed by atoms with Gasteiger partial charge in [0, 0.05) is 19.8 Å². The lowest BCUT2D eigenvalue weighted by molar-refractivity contribution is 0.472. The second-order valence-electron chi connectivity index (χ2n) is 3.10. The molecule has 1 rings (SSSR count). The van der Waals surface area contributed by atoms with Crippen LogP contribution in [0.4, 0.5) is 14.5 Å². The predicted molar refractivity (Wildman–Crippen MR) is 51.6 cm³/mol. The third kappa shape index (κ3) is 2.07. The van der Waals surface area contributed by atoms with Gasteiger partial charge in [0.15, 0.2) is 11.6 Å². The van der Waals surface area contributed by atoms with Crippen molar-refractivity contribution in [3.05, 3.63) is 23.8 Å². The van der Waals surface area contributed by atoms with E-state index in [4.69, 9.17) is 5.73 Å². The zero-order valence-electron chi connectivity index (χ0n) is 8.16. The molecule has 0 saturated heterocycles. The van der Waals surface area contributed by atoms with Gasteiger partial charge in [-0.05, 0) is 12.1 Å². The van der Waals surface area contributed by atoms with Crippen LogP contribution in [0.15, 0.2) is 17.0 Å². The van der Waals surface area contributed by atoms with Gasteiger partial charge in [-0.3, -0.25) is 0 Å². The van der Waals surface area contributed by atoms with Crippen molar-refractivity contribution in [2.45, 2.75) is 4.90 Å². The first-order valence-electron chi connectivity index (χ1n) is 3.94. The summed E-state index contributed by atoms with van der Waals surface area (Å²) in [6, 6.07) is 1.61. The minimum atomic E-state index is -4.01. The van der Waals surface area contributed by atoms with E-state index in [1.807, 2.05) is 0 Å². The van der Waals surface area contributed by atoms with Crippen LogP contribution in [0.5, 0.6) is 0 Å². The largest absolute Gasteiger partial charge is 0.399 e.